The van der Waals surface area contributed by atoms with E-state index in [4.69, 9.17) is 16.7 Å². The van der Waals surface area contributed by atoms with Gasteiger partial charge in [0.2, 0.25) is 0 Å². The summed E-state index contributed by atoms with van der Waals surface area (Å²) >= 11 is 7.20. The van der Waals surface area contributed by atoms with Crippen molar-refractivity contribution in [3.63, 3.8) is 0 Å². The predicted molar refractivity (Wildman–Crippen MR) is 85.6 cm³/mol. The van der Waals surface area contributed by atoms with Crippen molar-refractivity contribution in [2.75, 3.05) is 26.2 Å². The summed E-state index contributed by atoms with van der Waals surface area (Å²) in [5.74, 6) is -2.71. The molecule has 2 rings (SSSR count). The van der Waals surface area contributed by atoms with Gasteiger partial charge in [0.1, 0.15) is 5.82 Å². The first-order chi connectivity index (χ1) is 10.8. The second-order valence-electron chi connectivity index (χ2n) is 4.91. The molecule has 0 spiro atoms. The third-order valence-corrected chi connectivity index (χ3v) is 5.29. The van der Waals surface area contributed by atoms with Crippen LogP contribution < -0.4 is 0 Å². The maximum absolute atomic E-state index is 14.2. The monoisotopic (exact) mass is 460 g/mol. The molecule has 126 valence electrons. The molecule has 23 heavy (non-hydrogen) atoms. The van der Waals surface area contributed by atoms with Crippen molar-refractivity contribution < 1.29 is 28.6 Å². The normalized spacial score (nSPS) is 18.2. The molecule has 0 unspecified atom stereocenters. The smallest absolute Gasteiger partial charge is 0.407 e. The molecule has 1 aliphatic rings. The van der Waals surface area contributed by atoms with Crippen LogP contribution in [0.1, 0.15) is 10.4 Å². The van der Waals surface area contributed by atoms with E-state index in [1.807, 2.05) is 0 Å². The van der Waals surface area contributed by atoms with E-state index in [-0.39, 0.29) is 23.2 Å². The first kappa shape index (κ1) is 18.1. The maximum atomic E-state index is 14.2. The molecule has 2 amide bonds. The summed E-state index contributed by atoms with van der Waals surface area (Å²) in [4.78, 5) is 25.6. The molecule has 1 aliphatic heterocycles. The number of carbonyl (C=O) groups excluding carboxylic acids is 1. The first-order valence-corrected chi connectivity index (χ1v) is 7.96. The number of hydrogen-bond donors (Lipinski definition) is 2. The molecule has 0 aliphatic carbocycles. The Bertz CT molecular complexity index is 661. The largest absolute Gasteiger partial charge is 0.465 e. The lowest BCUT2D eigenvalue weighted by molar-refractivity contribution is 0.0306. The number of aliphatic hydroxyl groups excluding tert-OH is 1. The van der Waals surface area contributed by atoms with Crippen LogP contribution in [0.25, 0.3) is 0 Å². The van der Waals surface area contributed by atoms with E-state index >= 15 is 0 Å². The zero-order chi connectivity index (χ0) is 17.3. The van der Waals surface area contributed by atoms with Gasteiger partial charge in [0.15, 0.2) is 5.82 Å². The van der Waals surface area contributed by atoms with Crippen LogP contribution >= 0.6 is 34.2 Å². The van der Waals surface area contributed by atoms with Crippen molar-refractivity contribution in [2.24, 2.45) is 0 Å². The molecule has 1 saturated heterocycles. The molecule has 0 radical (unpaired) electrons. The highest BCUT2D eigenvalue weighted by Crippen LogP contribution is 2.28. The highest BCUT2D eigenvalue weighted by molar-refractivity contribution is 14.1. The Labute approximate surface area is 148 Å². The van der Waals surface area contributed by atoms with Crippen LogP contribution in [0.15, 0.2) is 6.07 Å². The first-order valence-electron chi connectivity index (χ1n) is 6.50. The van der Waals surface area contributed by atoms with Gasteiger partial charge in [0, 0.05) is 19.6 Å². The number of carbonyl (C=O) groups is 2. The van der Waals surface area contributed by atoms with Crippen molar-refractivity contribution >= 4 is 46.2 Å². The summed E-state index contributed by atoms with van der Waals surface area (Å²) < 4.78 is 27.8. The number of piperazine rings is 1. The van der Waals surface area contributed by atoms with Gasteiger partial charge in [-0.25, -0.2) is 13.6 Å². The lowest BCUT2D eigenvalue weighted by Gasteiger charge is -2.39. The van der Waals surface area contributed by atoms with Crippen molar-refractivity contribution in [3.8, 4) is 0 Å². The molecule has 2 N–H and O–H groups in total. The Balaban J connectivity index is 2.32. The van der Waals surface area contributed by atoms with Gasteiger partial charge in [0.25, 0.3) is 5.91 Å². The van der Waals surface area contributed by atoms with Crippen LogP contribution in [-0.4, -0.2) is 64.3 Å². The van der Waals surface area contributed by atoms with E-state index in [2.05, 4.69) is 0 Å². The Morgan fingerprint density at radius 2 is 2.04 bits per heavy atom. The third kappa shape index (κ3) is 3.50. The minimum Gasteiger partial charge on any atom is -0.465 e. The maximum Gasteiger partial charge on any atom is 0.407 e. The molecule has 1 fully saturated rings. The second-order valence-corrected chi connectivity index (χ2v) is 6.37. The molecule has 1 heterocycles. The highest BCUT2D eigenvalue weighted by atomic mass is 127. The molecule has 0 bridgehead atoms. The SMILES string of the molecule is O=C(O)N1CCN(C(=O)c2cc(F)c(I)c(Cl)c2F)[C@@H](CO)C1. The molecule has 0 aromatic heterocycles. The fourth-order valence-corrected chi connectivity index (χ4v) is 2.92. The van der Waals surface area contributed by atoms with Gasteiger partial charge in [-0.3, -0.25) is 4.79 Å². The van der Waals surface area contributed by atoms with E-state index in [0.29, 0.717) is 0 Å². The third-order valence-electron chi connectivity index (χ3n) is 3.56. The minimum atomic E-state index is -1.18. The number of rotatable bonds is 2. The van der Waals surface area contributed by atoms with Gasteiger partial charge in [-0.15, -0.1) is 0 Å². The van der Waals surface area contributed by atoms with Crippen LogP contribution in [0.4, 0.5) is 13.6 Å². The molecule has 6 nitrogen and oxygen atoms in total. The van der Waals surface area contributed by atoms with Gasteiger partial charge >= 0.3 is 6.09 Å². The number of nitrogens with zero attached hydrogens (tertiary/aromatic N) is 2. The Morgan fingerprint density at radius 3 is 2.61 bits per heavy atom. The van der Waals surface area contributed by atoms with Crippen LogP contribution in [0, 0.1) is 15.2 Å². The molecule has 1 atom stereocenters. The standard InChI is InChI=1S/C13H12ClF2IN2O4/c14-9-10(16)7(3-8(15)11(9)17)12(21)19-2-1-18(13(22)23)4-6(19)5-20/h3,6,20H,1-2,4-5H2,(H,22,23)/t6-/m1/s1. The average molecular weight is 461 g/mol. The van der Waals surface area contributed by atoms with Gasteiger partial charge in [0.05, 0.1) is 26.8 Å². The Hall–Kier alpha value is -1.20. The van der Waals surface area contributed by atoms with E-state index < -0.39 is 46.9 Å². The van der Waals surface area contributed by atoms with E-state index in [1.54, 1.807) is 0 Å². The Morgan fingerprint density at radius 1 is 1.39 bits per heavy atom. The summed E-state index contributed by atoms with van der Waals surface area (Å²) in [6, 6.07) is -0.0866. The number of amides is 2. The zero-order valence-electron chi connectivity index (χ0n) is 11.6. The highest BCUT2D eigenvalue weighted by Gasteiger charge is 2.34. The van der Waals surface area contributed by atoms with Crippen molar-refractivity contribution in [1.29, 1.82) is 0 Å². The summed E-state index contributed by atoms with van der Waals surface area (Å²) in [5.41, 5.74) is -0.546. The van der Waals surface area contributed by atoms with Crippen LogP contribution in [0.5, 0.6) is 0 Å². The zero-order valence-corrected chi connectivity index (χ0v) is 14.5. The summed E-state index contributed by atoms with van der Waals surface area (Å²) in [5, 5.41) is 17.8. The topological polar surface area (TPSA) is 81.1 Å². The lowest BCUT2D eigenvalue weighted by Crippen LogP contribution is -2.57. The van der Waals surface area contributed by atoms with E-state index in [1.165, 1.54) is 22.6 Å². The minimum absolute atomic E-state index is 0.0137. The fraction of sp³-hybridized carbons (Fsp3) is 0.385. The van der Waals surface area contributed by atoms with Gasteiger partial charge in [-0.1, -0.05) is 11.6 Å². The number of carboxylic acid groups (broad SMARTS) is 1. The molecular weight excluding hydrogens is 449 g/mol. The fourth-order valence-electron chi connectivity index (χ4n) is 2.34. The van der Waals surface area contributed by atoms with Crippen molar-refractivity contribution in [3.05, 3.63) is 31.9 Å². The van der Waals surface area contributed by atoms with E-state index in [9.17, 15) is 23.5 Å². The number of halogens is 4. The lowest BCUT2D eigenvalue weighted by atomic mass is 10.1. The summed E-state index contributed by atoms with van der Waals surface area (Å²) in [7, 11) is 0. The van der Waals surface area contributed by atoms with Crippen LogP contribution in [-0.2, 0) is 0 Å². The second kappa shape index (κ2) is 7.14. The molecular formula is C13H12ClF2IN2O4. The van der Waals surface area contributed by atoms with Gasteiger partial charge in [-0.2, -0.15) is 0 Å². The van der Waals surface area contributed by atoms with E-state index in [0.717, 1.165) is 15.9 Å². The molecule has 1 aromatic rings. The van der Waals surface area contributed by atoms with Gasteiger partial charge < -0.3 is 20.0 Å². The Kier molecular flexibility index (Phi) is 5.63. The molecule has 1 aromatic carbocycles. The molecule has 10 heteroatoms. The van der Waals surface area contributed by atoms with Crippen molar-refractivity contribution in [1.82, 2.24) is 9.80 Å². The van der Waals surface area contributed by atoms with Crippen LogP contribution in [0.3, 0.4) is 0 Å². The number of benzene rings is 1. The average Bonchev–Trinajstić information content (AvgIpc) is 2.54. The van der Waals surface area contributed by atoms with Crippen molar-refractivity contribution in [2.45, 2.75) is 6.04 Å². The number of hydrogen-bond acceptors (Lipinski definition) is 3. The van der Waals surface area contributed by atoms with Crippen LogP contribution in [0.2, 0.25) is 5.02 Å². The number of aliphatic hydroxyl groups is 1. The quantitative estimate of drug-likeness (QED) is 0.402. The van der Waals surface area contributed by atoms with Gasteiger partial charge in [-0.05, 0) is 28.7 Å². The predicted octanol–water partition coefficient (Wildman–Crippen LogP) is 2.02. The summed E-state index contributed by atoms with van der Waals surface area (Å²) in [6.45, 7) is -0.641. The summed E-state index contributed by atoms with van der Waals surface area (Å²) in [6.07, 6.45) is -1.18. The molecule has 0 saturated carbocycles.